The third-order valence-corrected chi connectivity index (χ3v) is 7.37. The monoisotopic (exact) mass is 431 g/mol. The average molecular weight is 432 g/mol. The van der Waals surface area contributed by atoms with Gasteiger partial charge >= 0.3 is 6.03 Å². The predicted molar refractivity (Wildman–Crippen MR) is 123 cm³/mol. The number of fused-ring (bicyclic) bond motifs is 1. The second-order valence-electron chi connectivity index (χ2n) is 9.10. The van der Waals surface area contributed by atoms with Crippen LogP contribution in [0.1, 0.15) is 29.7 Å². The normalized spacial score (nSPS) is 19.0. The highest BCUT2D eigenvalue weighted by molar-refractivity contribution is 6.07. The number of imide groups is 1. The molecular formula is C25H29N5O2. The van der Waals surface area contributed by atoms with Crippen molar-refractivity contribution in [3.8, 4) is 0 Å². The molecule has 32 heavy (non-hydrogen) atoms. The summed E-state index contributed by atoms with van der Waals surface area (Å²) in [6.07, 6.45) is 3.23. The summed E-state index contributed by atoms with van der Waals surface area (Å²) in [6, 6.07) is 14.1. The Kier molecular flexibility index (Phi) is 5.01. The van der Waals surface area contributed by atoms with E-state index in [4.69, 9.17) is 0 Å². The molecule has 5 rings (SSSR count). The number of carbonyl (C=O) groups excluding carboxylic acids is 2. The van der Waals surface area contributed by atoms with E-state index in [9.17, 15) is 9.59 Å². The first-order chi connectivity index (χ1) is 15.4. The summed E-state index contributed by atoms with van der Waals surface area (Å²) in [5, 5.41) is 6.60. The third kappa shape index (κ3) is 3.28. The fourth-order valence-corrected chi connectivity index (χ4v) is 5.08. The van der Waals surface area contributed by atoms with Crippen molar-refractivity contribution < 1.29 is 9.59 Å². The number of rotatable bonds is 4. The molecule has 3 heterocycles. The molecule has 0 N–H and O–H groups in total. The maximum Gasteiger partial charge on any atom is 0.327 e. The molecule has 0 saturated carbocycles. The van der Waals surface area contributed by atoms with E-state index in [2.05, 4.69) is 35.1 Å². The molecule has 1 aromatic heterocycles. The fourth-order valence-electron chi connectivity index (χ4n) is 5.08. The number of benzene rings is 2. The van der Waals surface area contributed by atoms with Crippen molar-refractivity contribution in [3.05, 3.63) is 65.5 Å². The molecule has 0 bridgehead atoms. The zero-order valence-corrected chi connectivity index (χ0v) is 18.9. The van der Waals surface area contributed by atoms with Crippen LogP contribution in [-0.4, -0.2) is 62.1 Å². The molecule has 7 heteroatoms. The summed E-state index contributed by atoms with van der Waals surface area (Å²) in [7, 11) is 3.73. The van der Waals surface area contributed by atoms with Crippen LogP contribution in [0.25, 0.3) is 10.8 Å². The highest BCUT2D eigenvalue weighted by Crippen LogP contribution is 2.37. The van der Waals surface area contributed by atoms with Gasteiger partial charge in [0.2, 0.25) is 0 Å². The van der Waals surface area contributed by atoms with Crippen LogP contribution >= 0.6 is 0 Å². The zero-order valence-electron chi connectivity index (χ0n) is 18.9. The first kappa shape index (κ1) is 20.7. The summed E-state index contributed by atoms with van der Waals surface area (Å²) in [5.41, 5.74) is 2.62. The standard InChI is InChI=1S/C25H29N5O2/c1-18-22(15-26-28(18)3)17-29-12-10-25(11-13-29)23(31)30(24(32)27(25)2)16-19-8-9-20-6-4-5-7-21(20)14-19/h4-9,14-15H,10-13,16-17H2,1-3H3. The number of nitrogens with zero attached hydrogens (tertiary/aromatic N) is 5. The lowest BCUT2D eigenvalue weighted by Crippen LogP contribution is -2.55. The quantitative estimate of drug-likeness (QED) is 0.595. The Labute approximate surface area is 188 Å². The van der Waals surface area contributed by atoms with Crippen LogP contribution in [0.3, 0.4) is 0 Å². The second kappa shape index (κ2) is 7.74. The van der Waals surface area contributed by atoms with Gasteiger partial charge in [0.25, 0.3) is 5.91 Å². The van der Waals surface area contributed by atoms with Crippen molar-refractivity contribution >= 4 is 22.7 Å². The number of urea groups is 1. The number of aryl methyl sites for hydroxylation is 1. The lowest BCUT2D eigenvalue weighted by molar-refractivity contribution is -0.135. The minimum absolute atomic E-state index is 0.0598. The number of likely N-dealkylation sites (N-methyl/N-ethyl adjacent to an activating group) is 1. The van der Waals surface area contributed by atoms with E-state index < -0.39 is 5.54 Å². The van der Waals surface area contributed by atoms with Crippen LogP contribution in [0.5, 0.6) is 0 Å². The number of carbonyl (C=O) groups is 2. The predicted octanol–water partition coefficient (Wildman–Crippen LogP) is 3.31. The number of hydrogen-bond donors (Lipinski definition) is 0. The van der Waals surface area contributed by atoms with Crippen LogP contribution in [0.4, 0.5) is 4.79 Å². The molecule has 2 fully saturated rings. The summed E-state index contributed by atoms with van der Waals surface area (Å²) in [5.74, 6) is -0.0598. The van der Waals surface area contributed by atoms with E-state index in [-0.39, 0.29) is 11.9 Å². The molecule has 3 amide bonds. The molecule has 0 atom stereocenters. The van der Waals surface area contributed by atoms with Crippen molar-refractivity contribution in [2.75, 3.05) is 20.1 Å². The third-order valence-electron chi connectivity index (χ3n) is 7.37. The second-order valence-corrected chi connectivity index (χ2v) is 9.10. The van der Waals surface area contributed by atoms with Gasteiger partial charge in [-0.05, 0) is 42.2 Å². The number of piperidine rings is 1. The Hall–Kier alpha value is -3.19. The van der Waals surface area contributed by atoms with Crippen molar-refractivity contribution in [1.82, 2.24) is 24.5 Å². The lowest BCUT2D eigenvalue weighted by atomic mass is 9.86. The van der Waals surface area contributed by atoms with Crippen molar-refractivity contribution in [3.63, 3.8) is 0 Å². The molecular weight excluding hydrogens is 402 g/mol. The van der Waals surface area contributed by atoms with Crippen LogP contribution in [0.2, 0.25) is 0 Å². The molecule has 3 aromatic rings. The number of hydrogen-bond acceptors (Lipinski definition) is 4. The number of amides is 3. The summed E-state index contributed by atoms with van der Waals surface area (Å²) in [6.45, 7) is 4.77. The van der Waals surface area contributed by atoms with Gasteiger partial charge in [0.05, 0.1) is 12.7 Å². The lowest BCUT2D eigenvalue weighted by Gasteiger charge is -2.40. The first-order valence-corrected chi connectivity index (χ1v) is 11.2. The molecule has 7 nitrogen and oxygen atoms in total. The van der Waals surface area contributed by atoms with Crippen LogP contribution in [-0.2, 0) is 24.9 Å². The van der Waals surface area contributed by atoms with E-state index in [1.165, 1.54) is 10.5 Å². The van der Waals surface area contributed by atoms with Gasteiger partial charge in [0.1, 0.15) is 5.54 Å². The SMILES string of the molecule is Cc1c(CN2CCC3(CC2)C(=O)N(Cc2ccc4ccccc4c2)C(=O)N3C)cnn1C. The van der Waals surface area contributed by atoms with Gasteiger partial charge < -0.3 is 4.90 Å². The van der Waals surface area contributed by atoms with E-state index in [1.54, 1.807) is 11.9 Å². The Bertz CT molecular complexity index is 1190. The molecule has 166 valence electrons. The smallest absolute Gasteiger partial charge is 0.312 e. The molecule has 2 aliphatic heterocycles. The van der Waals surface area contributed by atoms with Crippen LogP contribution < -0.4 is 0 Å². The van der Waals surface area contributed by atoms with Gasteiger partial charge in [0.15, 0.2) is 0 Å². The minimum atomic E-state index is -0.728. The summed E-state index contributed by atoms with van der Waals surface area (Å²) in [4.78, 5) is 32.1. The largest absolute Gasteiger partial charge is 0.327 e. The Morgan fingerprint density at radius 3 is 2.38 bits per heavy atom. The molecule has 0 aliphatic carbocycles. The van der Waals surface area contributed by atoms with E-state index in [0.29, 0.717) is 19.4 Å². The molecule has 2 saturated heterocycles. The minimum Gasteiger partial charge on any atom is -0.312 e. The Balaban J connectivity index is 1.30. The van der Waals surface area contributed by atoms with E-state index in [1.807, 2.05) is 42.2 Å². The van der Waals surface area contributed by atoms with Crippen molar-refractivity contribution in [2.45, 2.75) is 38.4 Å². The van der Waals surface area contributed by atoms with Gasteiger partial charge in [-0.1, -0.05) is 36.4 Å². The highest BCUT2D eigenvalue weighted by Gasteiger charge is 2.56. The summed E-state index contributed by atoms with van der Waals surface area (Å²) < 4.78 is 1.89. The van der Waals surface area contributed by atoms with Gasteiger partial charge in [-0.25, -0.2) is 4.79 Å². The zero-order chi connectivity index (χ0) is 22.5. The molecule has 0 radical (unpaired) electrons. The van der Waals surface area contributed by atoms with E-state index in [0.717, 1.165) is 41.7 Å². The number of aromatic nitrogens is 2. The van der Waals surface area contributed by atoms with E-state index >= 15 is 0 Å². The maximum atomic E-state index is 13.5. The van der Waals surface area contributed by atoms with Gasteiger partial charge in [0, 0.05) is 45.0 Å². The van der Waals surface area contributed by atoms with Crippen LogP contribution in [0.15, 0.2) is 48.7 Å². The summed E-state index contributed by atoms with van der Waals surface area (Å²) >= 11 is 0. The molecule has 2 aliphatic rings. The van der Waals surface area contributed by atoms with Gasteiger partial charge in [-0.3, -0.25) is 19.3 Å². The topological polar surface area (TPSA) is 61.7 Å². The van der Waals surface area contributed by atoms with Crippen molar-refractivity contribution in [2.24, 2.45) is 7.05 Å². The highest BCUT2D eigenvalue weighted by atomic mass is 16.2. The fraction of sp³-hybridized carbons (Fsp3) is 0.400. The number of likely N-dealkylation sites (tertiary alicyclic amines) is 1. The van der Waals surface area contributed by atoms with Crippen molar-refractivity contribution in [1.29, 1.82) is 0 Å². The van der Waals surface area contributed by atoms with Gasteiger partial charge in [-0.2, -0.15) is 5.10 Å². The molecule has 1 spiro atoms. The molecule has 0 unspecified atom stereocenters. The first-order valence-electron chi connectivity index (χ1n) is 11.2. The Morgan fingerprint density at radius 1 is 0.969 bits per heavy atom. The Morgan fingerprint density at radius 2 is 1.69 bits per heavy atom. The van der Waals surface area contributed by atoms with Crippen LogP contribution in [0, 0.1) is 6.92 Å². The average Bonchev–Trinajstić information content (AvgIpc) is 3.21. The van der Waals surface area contributed by atoms with Gasteiger partial charge in [-0.15, -0.1) is 0 Å². The maximum absolute atomic E-state index is 13.5. The molecule has 2 aromatic carbocycles.